The molecule has 0 saturated heterocycles. The molecule has 0 aromatic heterocycles. The number of nitrogens with two attached hydrogens (primary N) is 1. The van der Waals surface area contributed by atoms with Crippen LogP contribution in [-0.2, 0) is 11.2 Å². The molecule has 0 bridgehead atoms. The molecule has 5 heteroatoms. The van der Waals surface area contributed by atoms with Crippen LogP contribution in [0.1, 0.15) is 43.4 Å². The molecule has 4 aromatic carbocycles. The van der Waals surface area contributed by atoms with Crippen molar-refractivity contribution in [2.75, 3.05) is 0 Å². The first-order valence-corrected chi connectivity index (χ1v) is 9.65. The van der Waals surface area contributed by atoms with Crippen LogP contribution in [-0.4, -0.2) is 5.91 Å². The van der Waals surface area contributed by atoms with Gasteiger partial charge in [-0.1, -0.05) is 67.0 Å². The molecule has 0 fully saturated rings. The van der Waals surface area contributed by atoms with Gasteiger partial charge in [0, 0.05) is 11.3 Å². The number of hydrogen-bond donors (Lipinski definition) is 1. The third-order valence-electron chi connectivity index (χ3n) is 5.52. The zero-order valence-electron chi connectivity index (χ0n) is 15.9. The lowest BCUT2D eigenvalue weighted by molar-refractivity contribution is -0.117. The van der Waals surface area contributed by atoms with Crippen molar-refractivity contribution in [3.63, 3.8) is 0 Å². The van der Waals surface area contributed by atoms with Gasteiger partial charge >= 0.3 is 0 Å². The summed E-state index contributed by atoms with van der Waals surface area (Å²) >= 11 is 0. The van der Waals surface area contributed by atoms with Gasteiger partial charge in [-0.25, -0.2) is 0 Å². The van der Waals surface area contributed by atoms with Crippen LogP contribution in [0.2, 0.25) is 0 Å². The van der Waals surface area contributed by atoms with Gasteiger partial charge in [0.2, 0.25) is 5.91 Å². The Kier molecular flexibility index (Phi) is 4.76. The zero-order chi connectivity index (χ0) is 19.7. The number of carbonyl (C=O) groups is 1. The number of azide groups is 1. The maximum atomic E-state index is 11.3. The van der Waals surface area contributed by atoms with E-state index in [0.717, 1.165) is 40.1 Å². The number of benzene rings is 4. The summed E-state index contributed by atoms with van der Waals surface area (Å²) in [6.07, 6.45) is 2.69. The summed E-state index contributed by atoms with van der Waals surface area (Å²) in [4.78, 5) is 14.4. The van der Waals surface area contributed by atoms with Crippen LogP contribution in [0.25, 0.3) is 42.8 Å². The quantitative estimate of drug-likeness (QED) is 0.179. The largest absolute Gasteiger partial charge is 0.370 e. The highest BCUT2D eigenvalue weighted by molar-refractivity contribution is 6.24. The Labute approximate surface area is 163 Å². The van der Waals surface area contributed by atoms with E-state index in [1.807, 2.05) is 0 Å². The lowest BCUT2D eigenvalue weighted by Gasteiger charge is -2.20. The van der Waals surface area contributed by atoms with Gasteiger partial charge in [-0.05, 0) is 61.8 Å². The minimum absolute atomic E-state index is 0.196. The van der Waals surface area contributed by atoms with Crippen LogP contribution < -0.4 is 5.73 Å². The zero-order valence-corrected chi connectivity index (χ0v) is 15.9. The summed E-state index contributed by atoms with van der Waals surface area (Å²) in [6, 6.07) is 16.7. The normalized spacial score (nSPS) is 12.5. The molecule has 1 amide bonds. The fourth-order valence-corrected chi connectivity index (χ4v) is 4.28. The van der Waals surface area contributed by atoms with E-state index in [0.29, 0.717) is 12.8 Å². The van der Waals surface area contributed by atoms with Crippen molar-refractivity contribution in [2.24, 2.45) is 10.8 Å². The number of aryl methyl sites for hydroxylation is 1. The summed E-state index contributed by atoms with van der Waals surface area (Å²) < 4.78 is 0. The monoisotopic (exact) mass is 370 g/mol. The van der Waals surface area contributed by atoms with Crippen molar-refractivity contribution in [3.05, 3.63) is 70.1 Å². The second kappa shape index (κ2) is 7.37. The van der Waals surface area contributed by atoms with E-state index in [2.05, 4.69) is 65.5 Å². The Morgan fingerprint density at radius 3 is 2.64 bits per heavy atom. The van der Waals surface area contributed by atoms with Crippen molar-refractivity contribution in [1.82, 2.24) is 0 Å². The molecule has 5 nitrogen and oxygen atoms in total. The van der Waals surface area contributed by atoms with E-state index in [1.165, 1.54) is 16.2 Å². The maximum Gasteiger partial charge on any atom is 0.217 e. The molecule has 0 heterocycles. The summed E-state index contributed by atoms with van der Waals surface area (Å²) in [5.41, 5.74) is 16.6. The Morgan fingerprint density at radius 2 is 1.89 bits per heavy atom. The number of rotatable bonds is 7. The lowest BCUT2D eigenvalue weighted by atomic mass is 9.86. The summed E-state index contributed by atoms with van der Waals surface area (Å²) in [5.74, 6) is -0.294. The second-order valence-electron chi connectivity index (χ2n) is 7.28. The van der Waals surface area contributed by atoms with Gasteiger partial charge in [0.15, 0.2) is 0 Å². The van der Waals surface area contributed by atoms with Crippen LogP contribution >= 0.6 is 0 Å². The molecule has 0 aliphatic carbocycles. The molecule has 0 aliphatic heterocycles. The molecule has 0 aliphatic rings. The highest BCUT2D eigenvalue weighted by atomic mass is 16.1. The Hall–Kier alpha value is -3.30. The minimum Gasteiger partial charge on any atom is -0.370 e. The molecular formula is C23H22N4O. The van der Waals surface area contributed by atoms with Gasteiger partial charge in [-0.3, -0.25) is 4.79 Å². The molecule has 4 rings (SSSR count). The Morgan fingerprint density at radius 1 is 1.11 bits per heavy atom. The third-order valence-corrected chi connectivity index (χ3v) is 5.52. The predicted molar refractivity (Wildman–Crippen MR) is 114 cm³/mol. The van der Waals surface area contributed by atoms with Crippen molar-refractivity contribution >= 4 is 38.2 Å². The maximum absolute atomic E-state index is 11.3. The van der Waals surface area contributed by atoms with Gasteiger partial charge in [0.05, 0.1) is 6.04 Å². The van der Waals surface area contributed by atoms with E-state index in [9.17, 15) is 4.79 Å². The van der Waals surface area contributed by atoms with Crippen LogP contribution in [0.15, 0.2) is 53.6 Å². The Balaban J connectivity index is 2.07. The number of carbonyl (C=O) groups excluding carboxylic acids is 1. The molecule has 1 unspecified atom stereocenters. The number of primary amides is 1. The van der Waals surface area contributed by atoms with Gasteiger partial charge < -0.3 is 5.73 Å². The van der Waals surface area contributed by atoms with Gasteiger partial charge in [0.25, 0.3) is 0 Å². The number of amides is 1. The van der Waals surface area contributed by atoms with Gasteiger partial charge in [-0.15, -0.1) is 0 Å². The third kappa shape index (κ3) is 3.00. The average molecular weight is 370 g/mol. The first-order valence-electron chi connectivity index (χ1n) is 9.65. The summed E-state index contributed by atoms with van der Waals surface area (Å²) in [7, 11) is 0. The van der Waals surface area contributed by atoms with Crippen LogP contribution in [0.5, 0.6) is 0 Å². The summed E-state index contributed by atoms with van der Waals surface area (Å²) in [6.45, 7) is 2.10. The van der Waals surface area contributed by atoms with Crippen molar-refractivity contribution in [3.8, 4) is 0 Å². The lowest BCUT2D eigenvalue weighted by Crippen LogP contribution is -2.11. The van der Waals surface area contributed by atoms with Crippen LogP contribution in [0.4, 0.5) is 0 Å². The van der Waals surface area contributed by atoms with Crippen molar-refractivity contribution < 1.29 is 4.79 Å². The van der Waals surface area contributed by atoms with E-state index >= 15 is 0 Å². The highest BCUT2D eigenvalue weighted by Gasteiger charge is 2.18. The van der Waals surface area contributed by atoms with Crippen molar-refractivity contribution in [1.29, 1.82) is 0 Å². The molecule has 0 spiro atoms. The molecule has 140 valence electrons. The van der Waals surface area contributed by atoms with E-state index in [4.69, 9.17) is 11.3 Å². The smallest absolute Gasteiger partial charge is 0.217 e. The van der Waals surface area contributed by atoms with Crippen LogP contribution in [0, 0.1) is 0 Å². The number of hydrogen-bond acceptors (Lipinski definition) is 2. The van der Waals surface area contributed by atoms with Crippen molar-refractivity contribution in [2.45, 2.75) is 38.6 Å². The first kappa shape index (κ1) is 18.1. The second-order valence-corrected chi connectivity index (χ2v) is 7.28. The van der Waals surface area contributed by atoms with E-state index in [1.54, 1.807) is 0 Å². The molecule has 4 aromatic rings. The average Bonchev–Trinajstić information content (AvgIpc) is 2.70. The molecule has 0 radical (unpaired) electrons. The standard InChI is InChI=1S/C23H22N4O/c1-2-4-20(26-27-25)19-13-16-6-3-5-15-8-10-17-14(9-12-21(24)28)7-11-18(19)23(17)22(15)16/h3,5-8,10-11,13,20H,2,4,9,12H2,1H3,(H2,24,28). The van der Waals surface area contributed by atoms with Gasteiger partial charge in [-0.2, -0.15) is 0 Å². The number of nitrogens with zero attached hydrogens (tertiary/aromatic N) is 3. The topological polar surface area (TPSA) is 91.8 Å². The molecule has 0 saturated carbocycles. The fraction of sp³-hybridized carbons (Fsp3) is 0.261. The highest BCUT2D eigenvalue weighted by Crippen LogP contribution is 2.41. The molecule has 28 heavy (non-hydrogen) atoms. The molecule has 2 N–H and O–H groups in total. The SMILES string of the molecule is CCCC(N=[N+]=[N-])c1cc2cccc3ccc4c(CCC(N)=O)ccc1c4c32. The summed E-state index contributed by atoms with van der Waals surface area (Å²) in [5, 5.41) is 11.1. The van der Waals surface area contributed by atoms with E-state index < -0.39 is 0 Å². The fourth-order valence-electron chi connectivity index (χ4n) is 4.28. The van der Waals surface area contributed by atoms with E-state index in [-0.39, 0.29) is 11.9 Å². The minimum atomic E-state index is -0.294. The van der Waals surface area contributed by atoms with Gasteiger partial charge in [0.1, 0.15) is 0 Å². The molecule has 1 atom stereocenters. The predicted octanol–water partition coefficient (Wildman–Crippen LogP) is 6.15. The van der Waals surface area contributed by atoms with Crippen LogP contribution in [0.3, 0.4) is 0 Å². The first-order chi connectivity index (χ1) is 13.6. The Bertz CT molecular complexity index is 1220. The molecular weight excluding hydrogens is 348 g/mol.